The molecule has 0 saturated carbocycles. The number of H-pyrrole nitrogens is 1. The molecule has 90 valence electrons. The van der Waals surface area contributed by atoms with Gasteiger partial charge in [0.05, 0.1) is 13.7 Å². The first-order chi connectivity index (χ1) is 7.45. The van der Waals surface area contributed by atoms with E-state index >= 15 is 0 Å². The van der Waals surface area contributed by atoms with Crippen molar-refractivity contribution >= 4 is 16.0 Å². The summed E-state index contributed by atoms with van der Waals surface area (Å²) in [6.45, 7) is 0.0896. The molecule has 0 aliphatic carbocycles. The van der Waals surface area contributed by atoms with Crippen LogP contribution in [0.4, 0.5) is 0 Å². The Labute approximate surface area is 93.5 Å². The van der Waals surface area contributed by atoms with Gasteiger partial charge in [0.15, 0.2) is 5.75 Å². The van der Waals surface area contributed by atoms with E-state index < -0.39 is 21.7 Å². The number of aromatic amines is 1. The number of aromatic nitrogens is 2. The molecule has 16 heavy (non-hydrogen) atoms. The van der Waals surface area contributed by atoms with Gasteiger partial charge in [0, 0.05) is 19.4 Å². The van der Waals surface area contributed by atoms with E-state index in [1.54, 1.807) is 6.20 Å². The second-order valence-corrected chi connectivity index (χ2v) is 5.20. The highest BCUT2D eigenvalue weighted by Gasteiger charge is 2.23. The van der Waals surface area contributed by atoms with Crippen LogP contribution in [0.1, 0.15) is 5.82 Å². The topological polar surface area (TPSA) is 92.4 Å². The average molecular weight is 247 g/mol. The molecule has 0 aliphatic rings. The first kappa shape index (κ1) is 12.7. The Hall–Kier alpha value is -1.41. The molecular weight excluding hydrogens is 234 g/mol. The number of imidazole rings is 1. The van der Waals surface area contributed by atoms with Crippen LogP contribution in [-0.4, -0.2) is 48.6 Å². The number of nitrogens with one attached hydrogen (secondary N) is 1. The summed E-state index contributed by atoms with van der Waals surface area (Å²) in [6, 6.07) is 0. The van der Waals surface area contributed by atoms with Gasteiger partial charge >= 0.3 is 5.97 Å². The van der Waals surface area contributed by atoms with Crippen LogP contribution in [0, 0.1) is 0 Å². The van der Waals surface area contributed by atoms with Crippen LogP contribution in [0.15, 0.2) is 12.4 Å². The number of nitrogens with zero attached hydrogens (tertiary/aromatic N) is 2. The Morgan fingerprint density at radius 1 is 1.62 bits per heavy atom. The number of esters is 1. The van der Waals surface area contributed by atoms with Gasteiger partial charge in [-0.1, -0.05) is 0 Å². The summed E-state index contributed by atoms with van der Waals surface area (Å²) in [5.74, 6) is -0.942. The lowest BCUT2D eigenvalue weighted by Crippen LogP contribution is -2.32. The minimum atomic E-state index is -3.65. The molecule has 1 rings (SSSR count). The minimum absolute atomic E-state index is 0.0896. The maximum atomic E-state index is 11.6. The fourth-order valence-corrected chi connectivity index (χ4v) is 1.97. The number of rotatable bonds is 5. The standard InChI is InChI=1S/C8H13N3O4S/c1-11(5-7-9-3-4-10-7)16(13,14)6-8(12)15-2/h3-4H,5-6H2,1-2H3,(H,9,10). The lowest BCUT2D eigenvalue weighted by atomic mass is 10.6. The maximum Gasteiger partial charge on any atom is 0.322 e. The average Bonchev–Trinajstić information content (AvgIpc) is 2.69. The quantitative estimate of drug-likeness (QED) is 0.698. The zero-order valence-electron chi connectivity index (χ0n) is 9.00. The van der Waals surface area contributed by atoms with Gasteiger partial charge in [-0.25, -0.2) is 13.4 Å². The number of hydrogen-bond donors (Lipinski definition) is 1. The summed E-state index contributed by atoms with van der Waals surface area (Å²) in [7, 11) is -1.13. The molecule has 0 spiro atoms. The molecule has 1 aromatic heterocycles. The van der Waals surface area contributed by atoms with E-state index in [1.165, 1.54) is 13.2 Å². The van der Waals surface area contributed by atoms with E-state index in [0.29, 0.717) is 5.82 Å². The number of methoxy groups -OCH3 is 1. The predicted molar refractivity (Wildman–Crippen MR) is 55.9 cm³/mol. The molecule has 1 heterocycles. The summed E-state index contributed by atoms with van der Waals surface area (Å²) >= 11 is 0. The van der Waals surface area contributed by atoms with Gasteiger partial charge in [0.25, 0.3) is 0 Å². The number of carbonyl (C=O) groups excluding carboxylic acids is 1. The second kappa shape index (κ2) is 5.08. The smallest absolute Gasteiger partial charge is 0.322 e. The molecule has 7 nitrogen and oxygen atoms in total. The number of sulfonamides is 1. The first-order valence-electron chi connectivity index (χ1n) is 4.45. The van der Waals surface area contributed by atoms with Crippen molar-refractivity contribution in [3.05, 3.63) is 18.2 Å². The van der Waals surface area contributed by atoms with Crippen molar-refractivity contribution in [2.45, 2.75) is 6.54 Å². The van der Waals surface area contributed by atoms with E-state index in [9.17, 15) is 13.2 Å². The van der Waals surface area contributed by atoms with Crippen LogP contribution in [0.3, 0.4) is 0 Å². The van der Waals surface area contributed by atoms with Gasteiger partial charge in [-0.05, 0) is 0 Å². The lowest BCUT2D eigenvalue weighted by Gasteiger charge is -2.14. The summed E-state index contributed by atoms with van der Waals surface area (Å²) in [5.41, 5.74) is 0. The van der Waals surface area contributed by atoms with Crippen LogP contribution >= 0.6 is 0 Å². The highest BCUT2D eigenvalue weighted by molar-refractivity contribution is 7.89. The van der Waals surface area contributed by atoms with Crippen LogP contribution in [0.25, 0.3) is 0 Å². The number of carbonyl (C=O) groups is 1. The summed E-state index contributed by atoms with van der Waals surface area (Å²) in [4.78, 5) is 17.5. The third kappa shape index (κ3) is 3.31. The van der Waals surface area contributed by atoms with Gasteiger partial charge in [0.1, 0.15) is 5.82 Å². The maximum absolute atomic E-state index is 11.6. The Bertz CT molecular complexity index is 440. The molecule has 0 radical (unpaired) electrons. The van der Waals surface area contributed by atoms with Crippen molar-refractivity contribution in [2.75, 3.05) is 19.9 Å². The van der Waals surface area contributed by atoms with Crippen molar-refractivity contribution in [3.63, 3.8) is 0 Å². The summed E-state index contributed by atoms with van der Waals surface area (Å²) < 4.78 is 28.6. The molecule has 0 unspecified atom stereocenters. The van der Waals surface area contributed by atoms with Crippen molar-refractivity contribution in [2.24, 2.45) is 0 Å². The molecule has 8 heteroatoms. The Morgan fingerprint density at radius 3 is 2.81 bits per heavy atom. The van der Waals surface area contributed by atoms with Gasteiger partial charge in [-0.2, -0.15) is 4.31 Å². The Morgan fingerprint density at radius 2 is 2.31 bits per heavy atom. The molecular formula is C8H13N3O4S. The highest BCUT2D eigenvalue weighted by Crippen LogP contribution is 2.03. The zero-order chi connectivity index (χ0) is 12.2. The number of hydrogen-bond acceptors (Lipinski definition) is 5. The van der Waals surface area contributed by atoms with Crippen molar-refractivity contribution in [3.8, 4) is 0 Å². The van der Waals surface area contributed by atoms with Crippen molar-refractivity contribution in [1.29, 1.82) is 0 Å². The molecule has 1 aromatic rings. The van der Waals surface area contributed by atoms with Crippen molar-refractivity contribution < 1.29 is 17.9 Å². The van der Waals surface area contributed by atoms with Crippen LogP contribution < -0.4 is 0 Å². The molecule has 0 bridgehead atoms. The predicted octanol–water partition coefficient (Wildman–Crippen LogP) is -0.656. The summed E-state index contributed by atoms with van der Waals surface area (Å²) in [6.07, 6.45) is 3.12. The first-order valence-corrected chi connectivity index (χ1v) is 6.05. The molecule has 0 amide bonds. The van der Waals surface area contributed by atoms with E-state index in [2.05, 4.69) is 14.7 Å². The second-order valence-electron chi connectivity index (χ2n) is 3.12. The molecule has 0 aliphatic heterocycles. The molecule has 0 atom stereocenters. The Balaban J connectivity index is 2.65. The van der Waals surface area contributed by atoms with E-state index in [0.717, 1.165) is 11.4 Å². The van der Waals surface area contributed by atoms with Crippen LogP contribution in [-0.2, 0) is 26.1 Å². The SMILES string of the molecule is COC(=O)CS(=O)(=O)N(C)Cc1ncc[nH]1. The van der Waals surface area contributed by atoms with Crippen LogP contribution in [0.2, 0.25) is 0 Å². The largest absolute Gasteiger partial charge is 0.468 e. The minimum Gasteiger partial charge on any atom is -0.468 e. The fraction of sp³-hybridized carbons (Fsp3) is 0.500. The molecule has 0 fully saturated rings. The number of ether oxygens (including phenoxy) is 1. The normalized spacial score (nSPS) is 11.7. The fourth-order valence-electron chi connectivity index (χ4n) is 1.01. The van der Waals surface area contributed by atoms with Gasteiger partial charge in [0.2, 0.25) is 10.0 Å². The van der Waals surface area contributed by atoms with E-state index in [-0.39, 0.29) is 6.54 Å². The summed E-state index contributed by atoms with van der Waals surface area (Å²) in [5, 5.41) is 0. The monoisotopic (exact) mass is 247 g/mol. The zero-order valence-corrected chi connectivity index (χ0v) is 9.82. The van der Waals surface area contributed by atoms with Gasteiger partial charge in [-0.3, -0.25) is 4.79 Å². The molecule has 0 saturated heterocycles. The van der Waals surface area contributed by atoms with Gasteiger partial charge in [-0.15, -0.1) is 0 Å². The van der Waals surface area contributed by atoms with Gasteiger partial charge < -0.3 is 9.72 Å². The van der Waals surface area contributed by atoms with Crippen LogP contribution in [0.5, 0.6) is 0 Å². The van der Waals surface area contributed by atoms with Crippen molar-refractivity contribution in [1.82, 2.24) is 14.3 Å². The third-order valence-electron chi connectivity index (χ3n) is 1.93. The lowest BCUT2D eigenvalue weighted by molar-refractivity contribution is -0.137. The molecule has 0 aromatic carbocycles. The highest BCUT2D eigenvalue weighted by atomic mass is 32.2. The van der Waals surface area contributed by atoms with E-state index in [1.807, 2.05) is 0 Å². The van der Waals surface area contributed by atoms with E-state index in [4.69, 9.17) is 0 Å². The Kier molecular flexibility index (Phi) is 4.02. The molecule has 1 N–H and O–H groups in total. The third-order valence-corrected chi connectivity index (χ3v) is 3.61.